The Hall–Kier alpha value is -1.80. The molecule has 0 amide bonds. The molecule has 8 heteroatoms. The van der Waals surface area contributed by atoms with Gasteiger partial charge in [-0.05, 0) is 12.8 Å². The topological polar surface area (TPSA) is 99.1 Å². The normalized spacial score (nSPS) is 29.6. The van der Waals surface area contributed by atoms with Gasteiger partial charge in [0, 0.05) is 0 Å². The zero-order chi connectivity index (χ0) is 15.3. The van der Waals surface area contributed by atoms with Crippen LogP contribution in [-0.4, -0.2) is 43.0 Å². The standard InChI is InChI=1S/C13H18FN5O2/c1-5(2)10-9(20)7(14)13(21-10)19-4-16-8-11(15)17-6(3)18-12(8)19/h4-5,7,9-10,13,20H,1-3H3,(H2,15,17,18)/t7?,9-,10-,13-/m1/s1. The summed E-state index contributed by atoms with van der Waals surface area (Å²) in [5.41, 5.74) is 6.60. The highest BCUT2D eigenvalue weighted by atomic mass is 19.1. The Morgan fingerprint density at radius 1 is 1.43 bits per heavy atom. The number of hydrogen-bond donors (Lipinski definition) is 2. The van der Waals surface area contributed by atoms with Crippen LogP contribution >= 0.6 is 0 Å². The van der Waals surface area contributed by atoms with Crippen LogP contribution in [0.4, 0.5) is 10.2 Å². The summed E-state index contributed by atoms with van der Waals surface area (Å²) < 4.78 is 21.5. The fourth-order valence-corrected chi connectivity index (χ4v) is 2.67. The van der Waals surface area contributed by atoms with Crippen LogP contribution in [-0.2, 0) is 4.74 Å². The number of aromatic nitrogens is 4. The number of alkyl halides is 1. The van der Waals surface area contributed by atoms with Gasteiger partial charge in [0.15, 0.2) is 23.9 Å². The Bertz CT molecular complexity index is 674. The van der Waals surface area contributed by atoms with Gasteiger partial charge >= 0.3 is 0 Å². The SMILES string of the molecule is Cc1nc(N)c2ncn([C@@H]3O[C@H](C(C)C)[C@H](O)C3F)c2n1. The van der Waals surface area contributed by atoms with Crippen LogP contribution in [0, 0.1) is 12.8 Å². The third-order valence-corrected chi connectivity index (χ3v) is 3.72. The summed E-state index contributed by atoms with van der Waals surface area (Å²) in [4.78, 5) is 12.4. The second-order valence-electron chi connectivity index (χ2n) is 5.65. The Kier molecular flexibility index (Phi) is 3.29. The summed E-state index contributed by atoms with van der Waals surface area (Å²) in [6.07, 6.45) is -2.84. The van der Waals surface area contributed by atoms with Gasteiger partial charge in [0.25, 0.3) is 0 Å². The number of imidazole rings is 1. The van der Waals surface area contributed by atoms with E-state index in [1.165, 1.54) is 10.9 Å². The first kappa shape index (κ1) is 14.2. The Balaban J connectivity index is 2.05. The van der Waals surface area contributed by atoms with E-state index in [1.807, 2.05) is 13.8 Å². The maximum absolute atomic E-state index is 14.4. The van der Waals surface area contributed by atoms with Crippen molar-refractivity contribution in [3.05, 3.63) is 12.2 Å². The van der Waals surface area contributed by atoms with Crippen LogP contribution in [0.5, 0.6) is 0 Å². The zero-order valence-corrected chi connectivity index (χ0v) is 12.1. The van der Waals surface area contributed by atoms with E-state index in [0.29, 0.717) is 17.0 Å². The first-order chi connectivity index (χ1) is 9.90. The predicted molar refractivity (Wildman–Crippen MR) is 74.1 cm³/mol. The molecule has 1 fully saturated rings. The van der Waals surface area contributed by atoms with Gasteiger partial charge in [-0.1, -0.05) is 13.8 Å². The largest absolute Gasteiger partial charge is 0.387 e. The van der Waals surface area contributed by atoms with Crippen molar-refractivity contribution in [2.45, 2.75) is 45.4 Å². The van der Waals surface area contributed by atoms with Crippen LogP contribution in [0.25, 0.3) is 11.2 Å². The Morgan fingerprint density at radius 2 is 2.14 bits per heavy atom. The Labute approximate surface area is 121 Å². The van der Waals surface area contributed by atoms with Gasteiger partial charge in [0.1, 0.15) is 17.4 Å². The van der Waals surface area contributed by atoms with Crippen molar-refractivity contribution in [2.75, 3.05) is 5.73 Å². The molecule has 7 nitrogen and oxygen atoms in total. The first-order valence-electron chi connectivity index (χ1n) is 6.84. The highest BCUT2D eigenvalue weighted by Gasteiger charge is 2.46. The quantitative estimate of drug-likeness (QED) is 0.856. The maximum atomic E-state index is 14.4. The van der Waals surface area contributed by atoms with E-state index >= 15 is 0 Å². The summed E-state index contributed by atoms with van der Waals surface area (Å²) in [6, 6.07) is 0. The number of hydrogen-bond acceptors (Lipinski definition) is 6. The molecule has 2 aromatic heterocycles. The molecule has 21 heavy (non-hydrogen) atoms. The van der Waals surface area contributed by atoms with Gasteiger partial charge in [-0.3, -0.25) is 4.57 Å². The van der Waals surface area contributed by atoms with E-state index in [9.17, 15) is 9.50 Å². The van der Waals surface area contributed by atoms with E-state index in [1.54, 1.807) is 6.92 Å². The van der Waals surface area contributed by atoms with Gasteiger partial charge in [-0.2, -0.15) is 0 Å². The molecule has 114 valence electrons. The molecule has 1 aliphatic rings. The number of nitrogens with two attached hydrogens (primary N) is 1. The van der Waals surface area contributed by atoms with E-state index in [-0.39, 0.29) is 11.7 Å². The van der Waals surface area contributed by atoms with E-state index in [2.05, 4.69) is 15.0 Å². The first-order valence-corrected chi connectivity index (χ1v) is 6.84. The number of nitrogen functional groups attached to an aromatic ring is 1. The summed E-state index contributed by atoms with van der Waals surface area (Å²) in [5.74, 6) is 0.709. The van der Waals surface area contributed by atoms with Crippen LogP contribution in [0.3, 0.4) is 0 Å². The monoisotopic (exact) mass is 295 g/mol. The number of ether oxygens (including phenoxy) is 1. The minimum absolute atomic E-state index is 0.000494. The summed E-state index contributed by atoms with van der Waals surface area (Å²) in [7, 11) is 0. The van der Waals surface area contributed by atoms with Crippen molar-refractivity contribution in [2.24, 2.45) is 5.92 Å². The molecule has 1 saturated heterocycles. The number of aliphatic hydroxyl groups is 1. The van der Waals surface area contributed by atoms with E-state index in [0.717, 1.165) is 0 Å². The van der Waals surface area contributed by atoms with Crippen LogP contribution in [0.15, 0.2) is 6.33 Å². The third kappa shape index (κ3) is 2.14. The molecular weight excluding hydrogens is 277 g/mol. The van der Waals surface area contributed by atoms with E-state index in [4.69, 9.17) is 10.5 Å². The Morgan fingerprint density at radius 3 is 2.76 bits per heavy atom. The molecule has 2 aromatic rings. The molecule has 0 aliphatic carbocycles. The van der Waals surface area contributed by atoms with Crippen LogP contribution in [0.1, 0.15) is 25.9 Å². The second-order valence-corrected chi connectivity index (χ2v) is 5.65. The number of halogens is 1. The van der Waals surface area contributed by atoms with Crippen molar-refractivity contribution in [1.29, 1.82) is 0 Å². The lowest BCUT2D eigenvalue weighted by Crippen LogP contribution is -2.31. The fourth-order valence-electron chi connectivity index (χ4n) is 2.67. The van der Waals surface area contributed by atoms with Gasteiger partial charge in [0.05, 0.1) is 12.4 Å². The highest BCUT2D eigenvalue weighted by Crippen LogP contribution is 2.36. The average Bonchev–Trinajstić information content (AvgIpc) is 2.93. The van der Waals surface area contributed by atoms with Crippen molar-refractivity contribution < 1.29 is 14.2 Å². The lowest BCUT2D eigenvalue weighted by molar-refractivity contribution is -0.0433. The molecule has 0 radical (unpaired) electrons. The smallest absolute Gasteiger partial charge is 0.173 e. The number of aliphatic hydroxyl groups excluding tert-OH is 1. The third-order valence-electron chi connectivity index (χ3n) is 3.72. The van der Waals surface area contributed by atoms with Crippen molar-refractivity contribution >= 4 is 17.0 Å². The van der Waals surface area contributed by atoms with Gasteiger partial charge in [-0.25, -0.2) is 19.3 Å². The lowest BCUT2D eigenvalue weighted by atomic mass is 10.0. The molecule has 0 spiro atoms. The van der Waals surface area contributed by atoms with Crippen molar-refractivity contribution in [3.63, 3.8) is 0 Å². The summed E-state index contributed by atoms with van der Waals surface area (Å²) in [5, 5.41) is 9.99. The summed E-state index contributed by atoms with van der Waals surface area (Å²) >= 11 is 0. The molecule has 4 atom stereocenters. The minimum Gasteiger partial charge on any atom is -0.387 e. The maximum Gasteiger partial charge on any atom is 0.173 e. The van der Waals surface area contributed by atoms with Gasteiger partial charge in [0.2, 0.25) is 0 Å². The molecule has 1 aliphatic heterocycles. The average molecular weight is 295 g/mol. The number of aryl methyl sites for hydroxylation is 1. The van der Waals surface area contributed by atoms with Crippen LogP contribution < -0.4 is 5.73 Å². The molecule has 0 saturated carbocycles. The molecule has 0 bridgehead atoms. The molecule has 3 rings (SSSR count). The van der Waals surface area contributed by atoms with Gasteiger partial charge in [-0.15, -0.1) is 0 Å². The minimum atomic E-state index is -1.55. The van der Waals surface area contributed by atoms with Crippen molar-refractivity contribution in [3.8, 4) is 0 Å². The van der Waals surface area contributed by atoms with E-state index < -0.39 is 24.6 Å². The highest BCUT2D eigenvalue weighted by molar-refractivity contribution is 5.81. The molecule has 3 heterocycles. The fraction of sp³-hybridized carbons (Fsp3) is 0.615. The molecule has 0 aromatic carbocycles. The zero-order valence-electron chi connectivity index (χ0n) is 12.1. The lowest BCUT2D eigenvalue weighted by Gasteiger charge is -2.18. The number of nitrogens with zero attached hydrogens (tertiary/aromatic N) is 4. The van der Waals surface area contributed by atoms with Gasteiger partial charge < -0.3 is 15.6 Å². The molecular formula is C13H18FN5O2. The summed E-state index contributed by atoms with van der Waals surface area (Å²) in [6.45, 7) is 5.44. The van der Waals surface area contributed by atoms with Crippen molar-refractivity contribution in [1.82, 2.24) is 19.5 Å². The van der Waals surface area contributed by atoms with Crippen LogP contribution in [0.2, 0.25) is 0 Å². The number of fused-ring (bicyclic) bond motifs is 1. The number of anilines is 1. The predicted octanol–water partition coefficient (Wildman–Crippen LogP) is 0.969. The molecule has 3 N–H and O–H groups in total. The molecule has 1 unspecified atom stereocenters. The second kappa shape index (κ2) is 4.88. The number of rotatable bonds is 2.